The van der Waals surface area contributed by atoms with Gasteiger partial charge in [0.1, 0.15) is 17.1 Å². The molecule has 0 aliphatic rings. The number of rotatable bonds is 5. The van der Waals surface area contributed by atoms with Crippen molar-refractivity contribution in [2.45, 2.75) is 0 Å². The van der Waals surface area contributed by atoms with Crippen molar-refractivity contribution < 1.29 is 13.6 Å². The van der Waals surface area contributed by atoms with Crippen LogP contribution in [0, 0.1) is 0 Å². The molecule has 0 saturated carbocycles. The highest BCUT2D eigenvalue weighted by molar-refractivity contribution is 6.43. The van der Waals surface area contributed by atoms with E-state index in [0.29, 0.717) is 54.5 Å². The van der Waals surface area contributed by atoms with Crippen LogP contribution >= 0.6 is 34.8 Å². The van der Waals surface area contributed by atoms with E-state index in [-0.39, 0.29) is 5.91 Å². The molecule has 3 aromatic carbocycles. The van der Waals surface area contributed by atoms with Gasteiger partial charge in [0.05, 0.1) is 20.6 Å². The topological polar surface area (TPSA) is 72.5 Å². The average molecular weight is 537 g/mol. The van der Waals surface area contributed by atoms with E-state index < -0.39 is 5.63 Å². The van der Waals surface area contributed by atoms with Gasteiger partial charge in [-0.05, 0) is 54.6 Å². The van der Waals surface area contributed by atoms with Gasteiger partial charge < -0.3 is 14.2 Å². The molecule has 1 N–H and O–H groups in total. The number of hydrogen-bond acceptors (Lipinski definition) is 4. The lowest BCUT2D eigenvalue weighted by Crippen LogP contribution is -2.08. The predicted octanol–water partition coefficient (Wildman–Crippen LogP) is 8.33. The summed E-state index contributed by atoms with van der Waals surface area (Å²) >= 11 is 18.8. The van der Waals surface area contributed by atoms with Crippen LogP contribution in [0.1, 0.15) is 5.76 Å². The Morgan fingerprint density at radius 2 is 1.61 bits per heavy atom. The Morgan fingerprint density at radius 3 is 2.44 bits per heavy atom. The largest absolute Gasteiger partial charge is 0.457 e. The van der Waals surface area contributed by atoms with Crippen LogP contribution < -0.4 is 10.9 Å². The van der Waals surface area contributed by atoms with Gasteiger partial charge in [-0.1, -0.05) is 65.1 Å². The van der Waals surface area contributed by atoms with Crippen LogP contribution in [0.15, 0.2) is 98.6 Å². The van der Waals surface area contributed by atoms with Crippen LogP contribution in [0.3, 0.4) is 0 Å². The van der Waals surface area contributed by atoms with Crippen molar-refractivity contribution in [3.05, 3.63) is 116 Å². The summed E-state index contributed by atoms with van der Waals surface area (Å²) < 4.78 is 11.2. The maximum atomic E-state index is 12.5. The Kier molecular flexibility index (Phi) is 6.70. The standard InChI is InChI=1S/C28H16Cl3NO4/c29-22-6-3-5-20(27(22)31)25-12-9-18(35-25)10-13-26(33)32-17-8-11-19(23(30)15-17)21-14-16-4-1-2-7-24(16)36-28(21)34/h1-15H,(H,32,33). The molecule has 36 heavy (non-hydrogen) atoms. The average Bonchev–Trinajstić information content (AvgIpc) is 3.33. The van der Waals surface area contributed by atoms with Crippen LogP contribution in [0.4, 0.5) is 5.69 Å². The summed E-state index contributed by atoms with van der Waals surface area (Å²) in [6, 6.07) is 22.6. The molecule has 5 nitrogen and oxygen atoms in total. The molecular formula is C28H16Cl3NO4. The summed E-state index contributed by atoms with van der Waals surface area (Å²) in [4.78, 5) is 24.9. The molecule has 0 radical (unpaired) electrons. The highest BCUT2D eigenvalue weighted by Gasteiger charge is 2.13. The number of carbonyl (C=O) groups is 1. The lowest BCUT2D eigenvalue weighted by atomic mass is 10.1. The first kappa shape index (κ1) is 23.9. The first-order valence-electron chi connectivity index (χ1n) is 10.7. The van der Waals surface area contributed by atoms with E-state index in [2.05, 4.69) is 5.32 Å². The molecule has 2 heterocycles. The third kappa shape index (κ3) is 4.95. The maximum Gasteiger partial charge on any atom is 0.344 e. The molecule has 8 heteroatoms. The van der Waals surface area contributed by atoms with Gasteiger partial charge in [-0.15, -0.1) is 0 Å². The molecule has 0 saturated heterocycles. The smallest absolute Gasteiger partial charge is 0.344 e. The highest BCUT2D eigenvalue weighted by atomic mass is 35.5. The second-order valence-corrected chi connectivity index (χ2v) is 9.00. The predicted molar refractivity (Wildman–Crippen MR) is 145 cm³/mol. The van der Waals surface area contributed by atoms with Crippen LogP contribution in [0.2, 0.25) is 15.1 Å². The fraction of sp³-hybridized carbons (Fsp3) is 0. The van der Waals surface area contributed by atoms with Gasteiger partial charge in [0.2, 0.25) is 5.91 Å². The highest BCUT2D eigenvalue weighted by Crippen LogP contribution is 2.34. The lowest BCUT2D eigenvalue weighted by molar-refractivity contribution is -0.111. The minimum atomic E-state index is -0.493. The SMILES string of the molecule is O=C(C=Cc1ccc(-c2cccc(Cl)c2Cl)o1)Nc1ccc(-c2cc3ccccc3oc2=O)c(Cl)c1. The maximum absolute atomic E-state index is 12.5. The summed E-state index contributed by atoms with van der Waals surface area (Å²) in [5.41, 5.74) is 1.97. The first-order chi connectivity index (χ1) is 17.4. The molecule has 0 aliphatic carbocycles. The number of carbonyl (C=O) groups excluding carboxylic acids is 1. The first-order valence-corrected chi connectivity index (χ1v) is 11.9. The van der Waals surface area contributed by atoms with E-state index in [1.165, 1.54) is 12.2 Å². The normalized spacial score (nSPS) is 11.3. The van der Waals surface area contributed by atoms with Crippen molar-refractivity contribution in [2.75, 3.05) is 5.32 Å². The van der Waals surface area contributed by atoms with Gasteiger partial charge in [-0.3, -0.25) is 4.79 Å². The van der Waals surface area contributed by atoms with Gasteiger partial charge in [0.15, 0.2) is 0 Å². The third-order valence-electron chi connectivity index (χ3n) is 5.41. The number of furan rings is 1. The number of anilines is 1. The summed E-state index contributed by atoms with van der Waals surface area (Å²) in [6.45, 7) is 0. The van der Waals surface area contributed by atoms with E-state index in [0.717, 1.165) is 5.39 Å². The van der Waals surface area contributed by atoms with Crippen LogP contribution in [0.5, 0.6) is 0 Å². The molecule has 0 spiro atoms. The molecule has 5 aromatic rings. The monoisotopic (exact) mass is 535 g/mol. The van der Waals surface area contributed by atoms with E-state index in [1.54, 1.807) is 66.7 Å². The van der Waals surface area contributed by atoms with Gasteiger partial charge >= 0.3 is 5.63 Å². The third-order valence-corrected chi connectivity index (χ3v) is 6.54. The fourth-order valence-electron chi connectivity index (χ4n) is 3.68. The van der Waals surface area contributed by atoms with Crippen molar-refractivity contribution in [2.24, 2.45) is 0 Å². The summed E-state index contributed by atoms with van der Waals surface area (Å²) in [5.74, 6) is 0.610. The van der Waals surface area contributed by atoms with Crippen molar-refractivity contribution in [3.8, 4) is 22.5 Å². The Labute approximate surface area is 220 Å². The van der Waals surface area contributed by atoms with Crippen molar-refractivity contribution in [1.29, 1.82) is 0 Å². The minimum Gasteiger partial charge on any atom is -0.457 e. The summed E-state index contributed by atoms with van der Waals surface area (Å²) in [6.07, 6.45) is 2.87. The molecule has 2 aromatic heterocycles. The zero-order valence-electron chi connectivity index (χ0n) is 18.4. The zero-order chi connectivity index (χ0) is 25.2. The van der Waals surface area contributed by atoms with Gasteiger partial charge in [0.25, 0.3) is 0 Å². The molecule has 0 unspecified atom stereocenters. The van der Waals surface area contributed by atoms with Crippen molar-refractivity contribution in [1.82, 2.24) is 0 Å². The second kappa shape index (κ2) is 10.1. The van der Waals surface area contributed by atoms with Crippen LogP contribution in [-0.2, 0) is 4.79 Å². The van der Waals surface area contributed by atoms with Crippen molar-refractivity contribution in [3.63, 3.8) is 0 Å². The number of fused-ring (bicyclic) bond motifs is 1. The minimum absolute atomic E-state index is 0.299. The number of amides is 1. The van der Waals surface area contributed by atoms with E-state index in [1.807, 2.05) is 12.1 Å². The molecule has 0 fully saturated rings. The lowest BCUT2D eigenvalue weighted by Gasteiger charge is -2.08. The Hall–Kier alpha value is -3.77. The molecule has 5 rings (SSSR count). The molecule has 0 bridgehead atoms. The molecule has 1 amide bonds. The molecule has 0 aliphatic heterocycles. The van der Waals surface area contributed by atoms with Crippen molar-refractivity contribution >= 4 is 63.4 Å². The zero-order valence-corrected chi connectivity index (χ0v) is 20.7. The number of nitrogens with one attached hydrogen (secondary N) is 1. The van der Waals surface area contributed by atoms with E-state index in [9.17, 15) is 9.59 Å². The van der Waals surface area contributed by atoms with Gasteiger partial charge in [-0.25, -0.2) is 4.79 Å². The van der Waals surface area contributed by atoms with Crippen LogP contribution in [-0.4, -0.2) is 5.91 Å². The Morgan fingerprint density at radius 1 is 0.778 bits per heavy atom. The number of benzene rings is 3. The summed E-state index contributed by atoms with van der Waals surface area (Å²) in [5, 5.41) is 4.64. The second-order valence-electron chi connectivity index (χ2n) is 7.81. The number of para-hydroxylation sites is 1. The van der Waals surface area contributed by atoms with E-state index in [4.69, 9.17) is 43.6 Å². The Bertz CT molecular complexity index is 1700. The molecular weight excluding hydrogens is 521 g/mol. The fourth-order valence-corrected chi connectivity index (χ4v) is 4.36. The van der Waals surface area contributed by atoms with Gasteiger partial charge in [-0.2, -0.15) is 0 Å². The number of hydrogen-bond donors (Lipinski definition) is 1. The van der Waals surface area contributed by atoms with E-state index >= 15 is 0 Å². The summed E-state index contributed by atoms with van der Waals surface area (Å²) in [7, 11) is 0. The van der Waals surface area contributed by atoms with Crippen LogP contribution in [0.25, 0.3) is 39.5 Å². The van der Waals surface area contributed by atoms with Gasteiger partial charge in [0, 0.05) is 28.3 Å². The Balaban J connectivity index is 1.31. The molecule has 178 valence electrons. The molecule has 0 atom stereocenters. The quantitative estimate of drug-likeness (QED) is 0.181. The number of halogens is 3.